The Morgan fingerprint density at radius 3 is 2.43 bits per heavy atom. The van der Waals surface area contributed by atoms with Crippen LogP contribution in [0.25, 0.3) is 6.08 Å². The van der Waals surface area contributed by atoms with Crippen LogP contribution in [0.4, 0.5) is 0 Å². The number of thioether (sulfide) groups is 1. The Morgan fingerprint density at radius 2 is 1.75 bits per heavy atom. The molecule has 7 heteroatoms. The Kier molecular flexibility index (Phi) is 8.81. The summed E-state index contributed by atoms with van der Waals surface area (Å²) in [5.74, 6) is -0.669. The molecule has 0 saturated heterocycles. The molecule has 0 heterocycles. The van der Waals surface area contributed by atoms with Gasteiger partial charge in [-0.25, -0.2) is 9.59 Å². The number of amides is 1. The fourth-order valence-electron chi connectivity index (χ4n) is 2.12. The lowest BCUT2D eigenvalue weighted by Gasteiger charge is -2.05. The van der Waals surface area contributed by atoms with Crippen LogP contribution in [0.2, 0.25) is 0 Å². The molecule has 0 aliphatic carbocycles. The van der Waals surface area contributed by atoms with E-state index in [4.69, 9.17) is 4.74 Å². The second-order valence-corrected chi connectivity index (χ2v) is 6.73. The lowest BCUT2D eigenvalue weighted by molar-refractivity contribution is -0.143. The molecule has 146 valence electrons. The Balaban J connectivity index is 1.65. The van der Waals surface area contributed by atoms with Gasteiger partial charge in [-0.2, -0.15) is 0 Å². The smallest absolute Gasteiger partial charge is 0.337 e. The zero-order chi connectivity index (χ0) is 20.2. The SMILES string of the molecule is COC(=O)c1ccc(/C=C/C(=O)OCC(=O)NCCSc2ccccc2)cc1. The van der Waals surface area contributed by atoms with Crippen molar-refractivity contribution in [2.24, 2.45) is 0 Å². The third-order valence-electron chi connectivity index (χ3n) is 3.53. The van der Waals surface area contributed by atoms with Crippen molar-refractivity contribution < 1.29 is 23.9 Å². The summed E-state index contributed by atoms with van der Waals surface area (Å²) in [5.41, 5.74) is 1.14. The van der Waals surface area contributed by atoms with Gasteiger partial charge in [0.1, 0.15) is 0 Å². The van der Waals surface area contributed by atoms with Crippen LogP contribution < -0.4 is 5.32 Å². The molecule has 2 aromatic carbocycles. The second-order valence-electron chi connectivity index (χ2n) is 5.57. The zero-order valence-corrected chi connectivity index (χ0v) is 16.2. The Labute approximate surface area is 167 Å². The molecule has 0 unspecified atom stereocenters. The molecule has 0 saturated carbocycles. The topological polar surface area (TPSA) is 81.7 Å². The van der Waals surface area contributed by atoms with Gasteiger partial charge < -0.3 is 14.8 Å². The summed E-state index contributed by atoms with van der Waals surface area (Å²) in [6.07, 6.45) is 2.77. The molecule has 0 bridgehead atoms. The van der Waals surface area contributed by atoms with Gasteiger partial charge in [-0.3, -0.25) is 4.79 Å². The van der Waals surface area contributed by atoms with E-state index in [1.54, 1.807) is 36.0 Å². The number of carbonyl (C=O) groups is 3. The number of benzene rings is 2. The highest BCUT2D eigenvalue weighted by Gasteiger charge is 2.06. The molecular formula is C21H21NO5S. The van der Waals surface area contributed by atoms with Crippen molar-refractivity contribution in [2.75, 3.05) is 26.0 Å². The van der Waals surface area contributed by atoms with Crippen molar-refractivity contribution in [1.82, 2.24) is 5.32 Å². The van der Waals surface area contributed by atoms with E-state index < -0.39 is 11.9 Å². The Bertz CT molecular complexity index is 818. The second kappa shape index (κ2) is 11.6. The number of methoxy groups -OCH3 is 1. The minimum absolute atomic E-state index is 0.333. The number of esters is 2. The van der Waals surface area contributed by atoms with Crippen LogP contribution >= 0.6 is 11.8 Å². The molecule has 0 radical (unpaired) electrons. The number of ether oxygens (including phenoxy) is 2. The monoisotopic (exact) mass is 399 g/mol. The average Bonchev–Trinajstić information content (AvgIpc) is 2.74. The fraction of sp³-hybridized carbons (Fsp3) is 0.190. The summed E-state index contributed by atoms with van der Waals surface area (Å²) in [5, 5.41) is 2.70. The normalized spacial score (nSPS) is 10.5. The Morgan fingerprint density at radius 1 is 1.04 bits per heavy atom. The predicted molar refractivity (Wildman–Crippen MR) is 108 cm³/mol. The average molecular weight is 399 g/mol. The summed E-state index contributed by atoms with van der Waals surface area (Å²) in [4.78, 5) is 35.9. The number of nitrogens with one attached hydrogen (secondary N) is 1. The predicted octanol–water partition coefficient (Wildman–Crippen LogP) is 2.94. The summed E-state index contributed by atoms with van der Waals surface area (Å²) in [6.45, 7) is 0.152. The molecular weight excluding hydrogens is 378 g/mol. The first-order chi connectivity index (χ1) is 13.6. The molecule has 0 aromatic heterocycles. The molecule has 0 aliphatic rings. The van der Waals surface area contributed by atoms with Crippen molar-refractivity contribution in [1.29, 1.82) is 0 Å². The maximum absolute atomic E-state index is 11.7. The molecule has 1 N–H and O–H groups in total. The summed E-state index contributed by atoms with van der Waals surface area (Å²) >= 11 is 1.63. The third-order valence-corrected chi connectivity index (χ3v) is 4.54. The molecule has 28 heavy (non-hydrogen) atoms. The van der Waals surface area contributed by atoms with Crippen molar-refractivity contribution in [3.63, 3.8) is 0 Å². The molecule has 0 spiro atoms. The lowest BCUT2D eigenvalue weighted by Crippen LogP contribution is -2.30. The van der Waals surface area contributed by atoms with Crippen LogP contribution in [0, 0.1) is 0 Å². The molecule has 0 atom stereocenters. The van der Waals surface area contributed by atoms with E-state index in [-0.39, 0.29) is 12.5 Å². The van der Waals surface area contributed by atoms with E-state index in [9.17, 15) is 14.4 Å². The molecule has 2 aromatic rings. The number of hydrogen-bond acceptors (Lipinski definition) is 6. The van der Waals surface area contributed by atoms with E-state index in [0.29, 0.717) is 17.7 Å². The quantitative estimate of drug-likeness (QED) is 0.302. The van der Waals surface area contributed by atoms with Gasteiger partial charge in [0.05, 0.1) is 12.7 Å². The van der Waals surface area contributed by atoms with Crippen LogP contribution in [0.3, 0.4) is 0 Å². The molecule has 0 fully saturated rings. The van der Waals surface area contributed by atoms with Gasteiger partial charge in [0.2, 0.25) is 0 Å². The maximum atomic E-state index is 11.7. The lowest BCUT2D eigenvalue weighted by atomic mass is 10.1. The number of rotatable bonds is 9. The highest BCUT2D eigenvalue weighted by atomic mass is 32.2. The highest BCUT2D eigenvalue weighted by Crippen LogP contribution is 2.15. The van der Waals surface area contributed by atoms with Crippen LogP contribution in [0.5, 0.6) is 0 Å². The van der Waals surface area contributed by atoms with Crippen molar-refractivity contribution in [3.05, 3.63) is 71.8 Å². The maximum Gasteiger partial charge on any atom is 0.337 e. The highest BCUT2D eigenvalue weighted by molar-refractivity contribution is 7.99. The minimum Gasteiger partial charge on any atom is -0.465 e. The van der Waals surface area contributed by atoms with E-state index in [2.05, 4.69) is 10.1 Å². The zero-order valence-electron chi connectivity index (χ0n) is 15.4. The number of carbonyl (C=O) groups excluding carboxylic acids is 3. The van der Waals surface area contributed by atoms with Gasteiger partial charge in [0.15, 0.2) is 6.61 Å². The van der Waals surface area contributed by atoms with Gasteiger partial charge in [-0.1, -0.05) is 30.3 Å². The molecule has 1 amide bonds. The van der Waals surface area contributed by atoms with Gasteiger partial charge in [-0.05, 0) is 35.9 Å². The van der Waals surface area contributed by atoms with Gasteiger partial charge >= 0.3 is 11.9 Å². The van der Waals surface area contributed by atoms with Gasteiger partial charge in [0, 0.05) is 23.3 Å². The molecule has 6 nitrogen and oxygen atoms in total. The van der Waals surface area contributed by atoms with E-state index in [1.165, 1.54) is 19.3 Å². The van der Waals surface area contributed by atoms with E-state index in [0.717, 1.165) is 10.6 Å². The standard InChI is InChI=1S/C21H21NO5S/c1-26-21(25)17-10-7-16(8-11-17)9-12-20(24)27-15-19(23)22-13-14-28-18-5-3-2-4-6-18/h2-12H,13-15H2,1H3,(H,22,23)/b12-9+. The van der Waals surface area contributed by atoms with Gasteiger partial charge in [-0.15, -0.1) is 11.8 Å². The van der Waals surface area contributed by atoms with E-state index >= 15 is 0 Å². The largest absolute Gasteiger partial charge is 0.465 e. The first-order valence-corrected chi connectivity index (χ1v) is 9.55. The molecule has 2 rings (SSSR count). The number of hydrogen-bond donors (Lipinski definition) is 1. The van der Waals surface area contributed by atoms with Crippen LogP contribution in [0.1, 0.15) is 15.9 Å². The summed E-state index contributed by atoms with van der Waals surface area (Å²) in [6, 6.07) is 16.4. The van der Waals surface area contributed by atoms with E-state index in [1.807, 2.05) is 30.3 Å². The Hall–Kier alpha value is -3.06. The first-order valence-electron chi connectivity index (χ1n) is 8.56. The van der Waals surface area contributed by atoms with Crippen molar-refractivity contribution >= 4 is 35.7 Å². The minimum atomic E-state index is -0.620. The summed E-state index contributed by atoms with van der Waals surface area (Å²) in [7, 11) is 1.31. The van der Waals surface area contributed by atoms with Crippen LogP contribution in [-0.4, -0.2) is 43.9 Å². The molecule has 0 aliphatic heterocycles. The fourth-order valence-corrected chi connectivity index (χ4v) is 2.91. The third kappa shape index (κ3) is 7.67. The van der Waals surface area contributed by atoms with Crippen molar-refractivity contribution in [3.8, 4) is 0 Å². The van der Waals surface area contributed by atoms with Crippen LogP contribution in [0.15, 0.2) is 65.6 Å². The van der Waals surface area contributed by atoms with Crippen molar-refractivity contribution in [2.45, 2.75) is 4.90 Å². The van der Waals surface area contributed by atoms with Crippen LogP contribution in [-0.2, 0) is 19.1 Å². The summed E-state index contributed by atoms with van der Waals surface area (Å²) < 4.78 is 9.52. The first kappa shape index (κ1) is 21.2. The van der Waals surface area contributed by atoms with Gasteiger partial charge in [0.25, 0.3) is 5.91 Å².